The second-order valence-electron chi connectivity index (χ2n) is 8.26. The van der Waals surface area contributed by atoms with Crippen molar-refractivity contribution >= 4 is 28.4 Å². The van der Waals surface area contributed by atoms with Gasteiger partial charge in [-0.1, -0.05) is 55.5 Å². The van der Waals surface area contributed by atoms with Gasteiger partial charge in [-0.25, -0.2) is 0 Å². The molecule has 5 nitrogen and oxygen atoms in total. The van der Waals surface area contributed by atoms with Gasteiger partial charge in [0.1, 0.15) is 0 Å². The van der Waals surface area contributed by atoms with Crippen LogP contribution in [0, 0.1) is 0 Å². The summed E-state index contributed by atoms with van der Waals surface area (Å²) < 4.78 is 0. The third kappa shape index (κ3) is 3.26. The van der Waals surface area contributed by atoms with Crippen LogP contribution >= 0.6 is 0 Å². The fourth-order valence-corrected chi connectivity index (χ4v) is 4.73. The number of rotatable bonds is 4. The fourth-order valence-electron chi connectivity index (χ4n) is 4.73. The molecule has 5 heteroatoms. The molecule has 3 aromatic carbocycles. The Morgan fingerprint density at radius 1 is 0.969 bits per heavy atom. The molecule has 2 heterocycles. The Balaban J connectivity index is 1.61. The standard InChI is InChI=1S/C27H25N3O2/c1-3-17-12-14-18(15-13-17)29-26(31)24-20-9-4-5-10-21(20)27(32)30(2)25(24)22-16-28-23-11-7-6-8-19(22)23/h4-16,24-25,28H,3H2,1-2H3,(H,29,31)/t24-,25-/m1/s1. The predicted molar refractivity (Wildman–Crippen MR) is 127 cm³/mol. The van der Waals surface area contributed by atoms with Crippen LogP contribution in [-0.4, -0.2) is 28.7 Å². The Bertz CT molecular complexity index is 1310. The lowest BCUT2D eigenvalue weighted by molar-refractivity contribution is -0.119. The number of aromatic nitrogens is 1. The molecule has 2 atom stereocenters. The monoisotopic (exact) mass is 423 g/mol. The van der Waals surface area contributed by atoms with Crippen LogP contribution in [0.15, 0.2) is 79.0 Å². The van der Waals surface area contributed by atoms with E-state index in [1.807, 2.05) is 72.9 Å². The van der Waals surface area contributed by atoms with E-state index in [1.54, 1.807) is 18.0 Å². The quantitative estimate of drug-likeness (QED) is 0.469. The number of carbonyl (C=O) groups excluding carboxylic acids is 2. The van der Waals surface area contributed by atoms with Crippen LogP contribution in [0.4, 0.5) is 5.69 Å². The van der Waals surface area contributed by atoms with Gasteiger partial charge in [-0.3, -0.25) is 9.59 Å². The van der Waals surface area contributed by atoms with E-state index < -0.39 is 12.0 Å². The van der Waals surface area contributed by atoms with Crippen molar-refractivity contribution in [3.63, 3.8) is 0 Å². The van der Waals surface area contributed by atoms with E-state index in [2.05, 4.69) is 17.2 Å². The first kappa shape index (κ1) is 20.1. The molecule has 1 aromatic heterocycles. The number of hydrogen-bond donors (Lipinski definition) is 2. The van der Waals surface area contributed by atoms with Gasteiger partial charge >= 0.3 is 0 Å². The highest BCUT2D eigenvalue weighted by atomic mass is 16.2. The molecule has 0 saturated heterocycles. The summed E-state index contributed by atoms with van der Waals surface area (Å²) in [6, 6.07) is 22.9. The lowest BCUT2D eigenvalue weighted by Crippen LogP contribution is -2.44. The Morgan fingerprint density at radius 2 is 1.69 bits per heavy atom. The summed E-state index contributed by atoms with van der Waals surface area (Å²) in [5.74, 6) is -0.748. The second kappa shape index (κ2) is 8.00. The fraction of sp³-hybridized carbons (Fsp3) is 0.185. The summed E-state index contributed by atoms with van der Waals surface area (Å²) in [4.78, 5) is 32.0. The number of anilines is 1. The predicted octanol–water partition coefficient (Wildman–Crippen LogP) is 5.28. The molecule has 0 aliphatic carbocycles. The highest BCUT2D eigenvalue weighted by Gasteiger charge is 2.43. The molecule has 2 amide bonds. The number of nitrogens with zero attached hydrogens (tertiary/aromatic N) is 1. The maximum atomic E-state index is 13.7. The summed E-state index contributed by atoms with van der Waals surface area (Å²) >= 11 is 0. The number of aromatic amines is 1. The zero-order chi connectivity index (χ0) is 22.2. The third-order valence-electron chi connectivity index (χ3n) is 6.43. The van der Waals surface area contributed by atoms with Crippen molar-refractivity contribution in [2.75, 3.05) is 12.4 Å². The minimum absolute atomic E-state index is 0.0766. The highest BCUT2D eigenvalue weighted by Crippen LogP contribution is 2.44. The van der Waals surface area contributed by atoms with Crippen molar-refractivity contribution in [1.29, 1.82) is 0 Å². The minimum atomic E-state index is -0.543. The molecule has 0 unspecified atom stereocenters. The van der Waals surface area contributed by atoms with Gasteiger partial charge in [-0.2, -0.15) is 0 Å². The first-order valence-corrected chi connectivity index (χ1v) is 10.9. The van der Waals surface area contributed by atoms with Crippen molar-refractivity contribution < 1.29 is 9.59 Å². The van der Waals surface area contributed by atoms with E-state index in [1.165, 1.54) is 5.56 Å². The van der Waals surface area contributed by atoms with Gasteiger partial charge < -0.3 is 15.2 Å². The third-order valence-corrected chi connectivity index (χ3v) is 6.43. The summed E-state index contributed by atoms with van der Waals surface area (Å²) in [5, 5.41) is 4.11. The molecule has 0 spiro atoms. The molecule has 32 heavy (non-hydrogen) atoms. The summed E-state index contributed by atoms with van der Waals surface area (Å²) in [5.41, 5.74) is 5.22. The highest BCUT2D eigenvalue weighted by molar-refractivity contribution is 6.05. The molecular formula is C27H25N3O2. The molecule has 5 rings (SSSR count). The molecule has 4 aromatic rings. The number of fused-ring (bicyclic) bond motifs is 2. The van der Waals surface area contributed by atoms with Crippen molar-refractivity contribution in [3.8, 4) is 0 Å². The van der Waals surface area contributed by atoms with Crippen LogP contribution in [0.2, 0.25) is 0 Å². The van der Waals surface area contributed by atoms with E-state index in [0.717, 1.165) is 34.1 Å². The smallest absolute Gasteiger partial charge is 0.254 e. The largest absolute Gasteiger partial charge is 0.361 e. The molecular weight excluding hydrogens is 398 g/mol. The maximum absolute atomic E-state index is 13.7. The molecule has 160 valence electrons. The van der Waals surface area contributed by atoms with E-state index in [4.69, 9.17) is 0 Å². The van der Waals surface area contributed by atoms with Gasteiger partial charge in [0.25, 0.3) is 5.91 Å². The first-order valence-electron chi connectivity index (χ1n) is 10.9. The number of H-pyrrole nitrogens is 1. The SMILES string of the molecule is CCc1ccc(NC(=O)[C@@H]2c3ccccc3C(=O)N(C)[C@@H]2c2c[nH]c3ccccc23)cc1. The van der Waals surface area contributed by atoms with E-state index >= 15 is 0 Å². The number of para-hydroxylation sites is 1. The van der Waals surface area contributed by atoms with Gasteiger partial charge in [-0.05, 0) is 41.8 Å². The number of amides is 2. The maximum Gasteiger partial charge on any atom is 0.254 e. The Morgan fingerprint density at radius 3 is 2.47 bits per heavy atom. The van der Waals surface area contributed by atoms with E-state index in [-0.39, 0.29) is 11.8 Å². The topological polar surface area (TPSA) is 65.2 Å². The molecule has 0 fully saturated rings. The van der Waals surface area contributed by atoms with Gasteiger partial charge in [-0.15, -0.1) is 0 Å². The first-order chi connectivity index (χ1) is 15.6. The van der Waals surface area contributed by atoms with Crippen molar-refractivity contribution in [2.24, 2.45) is 0 Å². The van der Waals surface area contributed by atoms with Gasteiger partial charge in [0.2, 0.25) is 5.91 Å². The van der Waals surface area contributed by atoms with Crippen LogP contribution in [0.5, 0.6) is 0 Å². The molecule has 0 bridgehead atoms. The van der Waals surface area contributed by atoms with Crippen molar-refractivity contribution in [3.05, 3.63) is 101 Å². The van der Waals surface area contributed by atoms with Gasteiger partial charge in [0, 0.05) is 41.0 Å². The summed E-state index contributed by atoms with van der Waals surface area (Å²) in [6.45, 7) is 2.10. The number of likely N-dealkylation sites (N-methyl/N-ethyl adjacent to an activating group) is 1. The number of aryl methyl sites for hydroxylation is 1. The number of carbonyl (C=O) groups is 2. The van der Waals surface area contributed by atoms with E-state index in [9.17, 15) is 9.59 Å². The zero-order valence-electron chi connectivity index (χ0n) is 18.1. The van der Waals surface area contributed by atoms with Crippen molar-refractivity contribution in [2.45, 2.75) is 25.3 Å². The van der Waals surface area contributed by atoms with Gasteiger partial charge in [0.05, 0.1) is 12.0 Å². The van der Waals surface area contributed by atoms with Crippen LogP contribution in [-0.2, 0) is 11.2 Å². The van der Waals surface area contributed by atoms with Crippen LogP contribution in [0.25, 0.3) is 10.9 Å². The lowest BCUT2D eigenvalue weighted by atomic mass is 9.79. The van der Waals surface area contributed by atoms with Crippen LogP contribution in [0.1, 0.15) is 45.9 Å². The number of hydrogen-bond acceptors (Lipinski definition) is 2. The Labute approximate surface area is 187 Å². The number of benzene rings is 3. The normalized spacial score (nSPS) is 17.9. The second-order valence-corrected chi connectivity index (χ2v) is 8.26. The number of nitrogens with one attached hydrogen (secondary N) is 2. The van der Waals surface area contributed by atoms with Crippen LogP contribution in [0.3, 0.4) is 0 Å². The average molecular weight is 424 g/mol. The Kier molecular flexibility index (Phi) is 5.02. The zero-order valence-corrected chi connectivity index (χ0v) is 18.1. The van der Waals surface area contributed by atoms with E-state index in [0.29, 0.717) is 5.56 Å². The molecule has 2 N–H and O–H groups in total. The molecule has 1 aliphatic rings. The molecule has 0 radical (unpaired) electrons. The summed E-state index contributed by atoms with van der Waals surface area (Å²) in [6.07, 6.45) is 2.86. The molecule has 1 aliphatic heterocycles. The van der Waals surface area contributed by atoms with Gasteiger partial charge in [0.15, 0.2) is 0 Å². The minimum Gasteiger partial charge on any atom is -0.361 e. The van der Waals surface area contributed by atoms with Crippen LogP contribution < -0.4 is 5.32 Å². The average Bonchev–Trinajstić information content (AvgIpc) is 3.25. The van der Waals surface area contributed by atoms with Crippen molar-refractivity contribution in [1.82, 2.24) is 9.88 Å². The summed E-state index contributed by atoms with van der Waals surface area (Å²) in [7, 11) is 1.78. The molecule has 0 saturated carbocycles. The lowest BCUT2D eigenvalue weighted by Gasteiger charge is -2.39. The Hall–Kier alpha value is -3.86.